The number of benzene rings is 1. The molecule has 0 aliphatic carbocycles. The molecule has 25 heavy (non-hydrogen) atoms. The van der Waals surface area contributed by atoms with Crippen molar-refractivity contribution in [3.05, 3.63) is 47.9 Å². The van der Waals surface area contributed by atoms with Crippen molar-refractivity contribution in [1.29, 1.82) is 0 Å². The summed E-state index contributed by atoms with van der Waals surface area (Å²) >= 11 is 0. The summed E-state index contributed by atoms with van der Waals surface area (Å²) in [5.74, 6) is -1.35. The van der Waals surface area contributed by atoms with Crippen LogP contribution in [-0.2, 0) is 9.59 Å². The Balaban J connectivity index is 1.74. The van der Waals surface area contributed by atoms with Gasteiger partial charge in [-0.05, 0) is 36.8 Å². The van der Waals surface area contributed by atoms with Crippen LogP contribution in [0.1, 0.15) is 12.0 Å². The fraction of sp³-hybridized carbons (Fsp3) is 0.278. The molecule has 2 heterocycles. The molecule has 2 amide bonds. The number of aromatic nitrogens is 1. The molecular formula is C18H18FN3O3. The van der Waals surface area contributed by atoms with Crippen LogP contribution in [0.25, 0.3) is 0 Å². The summed E-state index contributed by atoms with van der Waals surface area (Å²) in [6.45, 7) is 1.91. The Morgan fingerprint density at radius 1 is 1.40 bits per heavy atom. The van der Waals surface area contributed by atoms with Gasteiger partial charge in [-0.15, -0.1) is 0 Å². The average Bonchev–Trinajstić information content (AvgIpc) is 2.97. The normalized spacial score (nSPS) is 16.8. The molecule has 1 N–H and O–H groups in total. The molecule has 1 aromatic heterocycles. The first kappa shape index (κ1) is 16.9. The highest BCUT2D eigenvalue weighted by Gasteiger charge is 2.36. The van der Waals surface area contributed by atoms with E-state index >= 15 is 0 Å². The maximum Gasteiger partial charge on any atom is 0.237 e. The zero-order chi connectivity index (χ0) is 18.0. The van der Waals surface area contributed by atoms with E-state index in [-0.39, 0.29) is 30.5 Å². The van der Waals surface area contributed by atoms with Crippen LogP contribution in [0.5, 0.6) is 5.88 Å². The third-order valence-electron chi connectivity index (χ3n) is 4.11. The van der Waals surface area contributed by atoms with Crippen LogP contribution in [0, 0.1) is 18.7 Å². The van der Waals surface area contributed by atoms with E-state index in [1.807, 2.05) is 0 Å². The lowest BCUT2D eigenvalue weighted by molar-refractivity contribution is -0.122. The Morgan fingerprint density at radius 3 is 2.92 bits per heavy atom. The summed E-state index contributed by atoms with van der Waals surface area (Å²) in [5.41, 5.74) is 1.40. The lowest BCUT2D eigenvalue weighted by Crippen LogP contribution is -2.28. The van der Waals surface area contributed by atoms with Crippen LogP contribution in [0.2, 0.25) is 0 Å². The van der Waals surface area contributed by atoms with E-state index in [1.165, 1.54) is 18.1 Å². The van der Waals surface area contributed by atoms with Gasteiger partial charge in [0.15, 0.2) is 0 Å². The van der Waals surface area contributed by atoms with E-state index in [4.69, 9.17) is 4.74 Å². The van der Waals surface area contributed by atoms with Gasteiger partial charge in [0, 0.05) is 19.2 Å². The third-order valence-corrected chi connectivity index (χ3v) is 4.11. The zero-order valence-corrected chi connectivity index (χ0v) is 14.0. The Morgan fingerprint density at radius 2 is 2.20 bits per heavy atom. The fourth-order valence-electron chi connectivity index (χ4n) is 2.83. The van der Waals surface area contributed by atoms with Crippen LogP contribution in [0.3, 0.4) is 0 Å². The third kappa shape index (κ3) is 3.45. The van der Waals surface area contributed by atoms with Crippen LogP contribution in [0.4, 0.5) is 15.8 Å². The lowest BCUT2D eigenvalue weighted by Gasteiger charge is -2.18. The van der Waals surface area contributed by atoms with Gasteiger partial charge in [0.25, 0.3) is 0 Å². The minimum atomic E-state index is -0.571. The quantitative estimate of drug-likeness (QED) is 0.926. The number of aryl methyl sites for hydroxylation is 1. The van der Waals surface area contributed by atoms with Crippen LogP contribution in [0.15, 0.2) is 36.5 Å². The maximum atomic E-state index is 14.1. The van der Waals surface area contributed by atoms with Crippen molar-refractivity contribution in [2.45, 2.75) is 13.3 Å². The minimum Gasteiger partial charge on any atom is -0.480 e. The Bertz CT molecular complexity index is 825. The summed E-state index contributed by atoms with van der Waals surface area (Å²) in [7, 11) is 1.46. The second kappa shape index (κ2) is 6.88. The molecule has 130 valence electrons. The Labute approximate surface area is 144 Å². The predicted molar refractivity (Wildman–Crippen MR) is 91.0 cm³/mol. The number of carbonyl (C=O) groups excluding carboxylic acids is 2. The van der Waals surface area contributed by atoms with E-state index in [9.17, 15) is 14.0 Å². The molecule has 3 rings (SSSR count). The second-order valence-corrected chi connectivity index (χ2v) is 5.91. The molecule has 1 atom stereocenters. The van der Waals surface area contributed by atoms with Crippen LogP contribution >= 0.6 is 0 Å². The molecular weight excluding hydrogens is 325 g/mol. The number of ether oxygens (including phenoxy) is 1. The van der Waals surface area contributed by atoms with Crippen molar-refractivity contribution in [2.75, 3.05) is 23.9 Å². The molecule has 7 heteroatoms. The summed E-state index contributed by atoms with van der Waals surface area (Å²) in [5, 5.41) is 2.72. The molecule has 0 saturated carbocycles. The summed E-state index contributed by atoms with van der Waals surface area (Å²) in [6.07, 6.45) is 1.58. The topological polar surface area (TPSA) is 71.5 Å². The van der Waals surface area contributed by atoms with Gasteiger partial charge in [-0.2, -0.15) is 0 Å². The first-order valence-corrected chi connectivity index (χ1v) is 7.86. The van der Waals surface area contributed by atoms with Crippen LogP contribution < -0.4 is 15.0 Å². The van der Waals surface area contributed by atoms with Gasteiger partial charge in [0.05, 0.1) is 18.7 Å². The van der Waals surface area contributed by atoms with E-state index < -0.39 is 11.7 Å². The number of methoxy groups -OCH3 is 1. The van der Waals surface area contributed by atoms with Crippen molar-refractivity contribution in [3.63, 3.8) is 0 Å². The monoisotopic (exact) mass is 343 g/mol. The fourth-order valence-corrected chi connectivity index (χ4v) is 2.83. The number of hydrogen-bond donors (Lipinski definition) is 1. The number of rotatable bonds is 4. The molecule has 6 nitrogen and oxygen atoms in total. The zero-order valence-electron chi connectivity index (χ0n) is 14.0. The SMILES string of the molecule is COc1ncccc1NC(=O)C1CC(=O)N(c2ccc(C)cc2F)C1. The molecule has 1 saturated heterocycles. The van der Waals surface area contributed by atoms with E-state index in [1.54, 1.807) is 37.4 Å². The summed E-state index contributed by atoms with van der Waals surface area (Å²) < 4.78 is 19.2. The van der Waals surface area contributed by atoms with Gasteiger partial charge in [0.1, 0.15) is 11.5 Å². The number of hydrogen-bond acceptors (Lipinski definition) is 4. The highest BCUT2D eigenvalue weighted by Crippen LogP contribution is 2.29. The van der Waals surface area contributed by atoms with Crippen molar-refractivity contribution in [2.24, 2.45) is 5.92 Å². The number of nitrogens with one attached hydrogen (secondary N) is 1. The van der Waals surface area contributed by atoms with Crippen molar-refractivity contribution < 1.29 is 18.7 Å². The lowest BCUT2D eigenvalue weighted by atomic mass is 10.1. The van der Waals surface area contributed by atoms with E-state index in [0.29, 0.717) is 11.6 Å². The molecule has 0 radical (unpaired) electrons. The molecule has 1 aliphatic heterocycles. The number of amides is 2. The number of pyridine rings is 1. The maximum absolute atomic E-state index is 14.1. The van der Waals surface area contributed by atoms with Crippen molar-refractivity contribution in [1.82, 2.24) is 4.98 Å². The first-order chi connectivity index (χ1) is 12.0. The van der Waals surface area contributed by atoms with Gasteiger partial charge >= 0.3 is 0 Å². The smallest absolute Gasteiger partial charge is 0.237 e. The molecule has 1 aliphatic rings. The van der Waals surface area contributed by atoms with Crippen molar-refractivity contribution in [3.8, 4) is 5.88 Å². The minimum absolute atomic E-state index is 0.0295. The standard InChI is InChI=1S/C18H18FN3O3/c1-11-5-6-15(13(19)8-11)22-10-12(9-16(22)23)17(24)21-14-4-3-7-20-18(14)25-2/h3-8,12H,9-10H2,1-2H3,(H,21,24). The molecule has 1 aromatic carbocycles. The molecule has 2 aromatic rings. The molecule has 0 bridgehead atoms. The number of anilines is 2. The number of carbonyl (C=O) groups is 2. The van der Waals surface area contributed by atoms with Crippen molar-refractivity contribution >= 4 is 23.2 Å². The summed E-state index contributed by atoms with van der Waals surface area (Å²) in [4.78, 5) is 30.1. The van der Waals surface area contributed by atoms with Gasteiger partial charge in [-0.3, -0.25) is 9.59 Å². The number of halogens is 1. The number of nitrogens with zero attached hydrogens (tertiary/aromatic N) is 2. The van der Waals surface area contributed by atoms with Crippen LogP contribution in [-0.4, -0.2) is 30.5 Å². The highest BCUT2D eigenvalue weighted by molar-refractivity contribution is 6.03. The first-order valence-electron chi connectivity index (χ1n) is 7.86. The Hall–Kier alpha value is -2.96. The largest absolute Gasteiger partial charge is 0.480 e. The van der Waals surface area contributed by atoms with Gasteiger partial charge in [-0.1, -0.05) is 6.07 Å². The molecule has 0 spiro atoms. The highest BCUT2D eigenvalue weighted by atomic mass is 19.1. The van der Waals surface area contributed by atoms with E-state index in [0.717, 1.165) is 5.56 Å². The molecule has 1 fully saturated rings. The van der Waals surface area contributed by atoms with Gasteiger partial charge in [0.2, 0.25) is 17.7 Å². The summed E-state index contributed by atoms with van der Waals surface area (Å²) in [6, 6.07) is 8.01. The average molecular weight is 343 g/mol. The Kier molecular flexibility index (Phi) is 4.65. The second-order valence-electron chi connectivity index (χ2n) is 5.91. The predicted octanol–water partition coefficient (Wildman–Crippen LogP) is 2.53. The van der Waals surface area contributed by atoms with E-state index in [2.05, 4.69) is 10.3 Å². The van der Waals surface area contributed by atoms with Gasteiger partial charge in [-0.25, -0.2) is 9.37 Å². The molecule has 1 unspecified atom stereocenters. The van der Waals surface area contributed by atoms with Gasteiger partial charge < -0.3 is 15.0 Å².